The lowest BCUT2D eigenvalue weighted by molar-refractivity contribution is 0.110. The van der Waals surface area contributed by atoms with Crippen LogP contribution in [-0.4, -0.2) is 49.5 Å². The summed E-state index contributed by atoms with van der Waals surface area (Å²) in [6.45, 7) is 2.22. The summed E-state index contributed by atoms with van der Waals surface area (Å²) in [5.41, 5.74) is -0.482. The molecule has 3 rings (SSSR count). The largest absolute Gasteiger partial charge is 0.474 e. The van der Waals surface area contributed by atoms with Crippen molar-refractivity contribution in [2.45, 2.75) is 18.9 Å². The van der Waals surface area contributed by atoms with E-state index in [1.807, 2.05) is 25.2 Å². The molecule has 1 N–H and O–H groups in total. The number of pyridine rings is 1. The normalized spacial score (nSPS) is 14.9. The number of aromatic nitrogens is 1. The maximum Gasteiger partial charge on any atom is 0.215 e. The van der Waals surface area contributed by atoms with Crippen LogP contribution in [0.4, 0.5) is 19.0 Å². The van der Waals surface area contributed by atoms with Gasteiger partial charge in [-0.1, -0.05) is 6.07 Å². The third kappa shape index (κ3) is 5.96. The molecule has 2 heterocycles. The second kappa shape index (κ2) is 9.91. The minimum absolute atomic E-state index is 0.123. The highest BCUT2D eigenvalue weighted by molar-refractivity contribution is 5.75. The van der Waals surface area contributed by atoms with Crippen molar-refractivity contribution in [1.29, 1.82) is 0 Å². The Morgan fingerprint density at radius 1 is 1.15 bits per heavy atom. The fourth-order valence-corrected chi connectivity index (χ4v) is 2.53. The van der Waals surface area contributed by atoms with Gasteiger partial charge >= 0.3 is 0 Å². The first kappa shape index (κ1) is 20.7. The highest BCUT2D eigenvalue weighted by Crippen LogP contribution is 2.18. The number of anilines is 1. The van der Waals surface area contributed by atoms with Gasteiger partial charge in [0.25, 0.3) is 0 Å². The molecule has 27 heavy (non-hydrogen) atoms. The highest BCUT2D eigenvalue weighted by Gasteiger charge is 2.18. The monoisotopic (exact) mass is 381 g/mol. The molecule has 0 bridgehead atoms. The number of aldehydes is 1. The zero-order valence-electron chi connectivity index (χ0n) is 15.2. The van der Waals surface area contributed by atoms with Crippen molar-refractivity contribution in [3.63, 3.8) is 0 Å². The van der Waals surface area contributed by atoms with Gasteiger partial charge in [0.05, 0.1) is 5.56 Å². The number of carbonyl (C=O) groups excluding carboxylic acids is 1. The molecule has 2 aromatic rings. The van der Waals surface area contributed by atoms with E-state index in [0.717, 1.165) is 43.7 Å². The second-order valence-corrected chi connectivity index (χ2v) is 6.11. The Morgan fingerprint density at radius 2 is 1.85 bits per heavy atom. The number of hydrogen-bond donors (Lipinski definition) is 1. The van der Waals surface area contributed by atoms with Crippen LogP contribution in [0.1, 0.15) is 23.2 Å². The van der Waals surface area contributed by atoms with Crippen LogP contribution in [-0.2, 0) is 0 Å². The van der Waals surface area contributed by atoms with Crippen molar-refractivity contribution >= 4 is 12.1 Å². The number of ether oxygens (including phenoxy) is 1. The van der Waals surface area contributed by atoms with Crippen LogP contribution in [0.2, 0.25) is 0 Å². The van der Waals surface area contributed by atoms with Gasteiger partial charge in [-0.25, -0.2) is 13.2 Å². The van der Waals surface area contributed by atoms with Crippen molar-refractivity contribution in [3.8, 4) is 5.88 Å². The number of nitrogens with one attached hydrogen (secondary N) is 1. The third-order valence-corrected chi connectivity index (χ3v) is 4.12. The van der Waals surface area contributed by atoms with Crippen molar-refractivity contribution < 1.29 is 22.7 Å². The van der Waals surface area contributed by atoms with Crippen LogP contribution in [0.3, 0.4) is 0 Å². The van der Waals surface area contributed by atoms with E-state index >= 15 is 0 Å². The molecule has 0 radical (unpaired) electrons. The number of benzene rings is 1. The first-order valence-corrected chi connectivity index (χ1v) is 8.53. The first-order valence-electron chi connectivity index (χ1n) is 8.53. The summed E-state index contributed by atoms with van der Waals surface area (Å²) >= 11 is 0. The minimum atomic E-state index is -1.62. The molecule has 5 nitrogen and oxygen atoms in total. The molecule has 0 unspecified atom stereocenters. The molecule has 8 heteroatoms. The van der Waals surface area contributed by atoms with Gasteiger partial charge in [0.1, 0.15) is 11.9 Å². The summed E-state index contributed by atoms with van der Waals surface area (Å²) in [7, 11) is 4.01. The molecule has 0 saturated carbocycles. The fourth-order valence-electron chi connectivity index (χ4n) is 2.53. The number of carbonyl (C=O) groups is 1. The molecule has 0 spiro atoms. The Bertz CT molecular complexity index is 766. The van der Waals surface area contributed by atoms with Gasteiger partial charge in [-0.05, 0) is 38.1 Å². The molecule has 1 aliphatic heterocycles. The van der Waals surface area contributed by atoms with Gasteiger partial charge in [-0.15, -0.1) is 0 Å². The van der Waals surface area contributed by atoms with Crippen LogP contribution < -0.4 is 10.1 Å². The zero-order valence-corrected chi connectivity index (χ0v) is 15.2. The molecule has 0 amide bonds. The molecular weight excluding hydrogens is 359 g/mol. The molecule has 1 fully saturated rings. The van der Waals surface area contributed by atoms with Gasteiger partial charge in [-0.2, -0.15) is 4.98 Å². The second-order valence-electron chi connectivity index (χ2n) is 6.11. The van der Waals surface area contributed by atoms with E-state index in [9.17, 15) is 18.0 Å². The lowest BCUT2D eigenvalue weighted by Gasteiger charge is -2.28. The van der Waals surface area contributed by atoms with Crippen LogP contribution in [0.25, 0.3) is 0 Å². The number of piperidine rings is 1. The summed E-state index contributed by atoms with van der Waals surface area (Å²) in [5, 5.41) is 3.01. The topological polar surface area (TPSA) is 54.5 Å². The summed E-state index contributed by atoms with van der Waals surface area (Å²) in [6.07, 6.45) is 2.61. The Labute approximate surface area is 156 Å². The number of likely N-dealkylation sites (tertiary alicyclic amines) is 1. The van der Waals surface area contributed by atoms with Crippen molar-refractivity contribution in [1.82, 2.24) is 9.88 Å². The van der Waals surface area contributed by atoms with Gasteiger partial charge in [0, 0.05) is 26.2 Å². The van der Waals surface area contributed by atoms with Crippen LogP contribution in [0.15, 0.2) is 30.3 Å². The van der Waals surface area contributed by atoms with E-state index in [1.165, 1.54) is 0 Å². The summed E-state index contributed by atoms with van der Waals surface area (Å²) in [6, 6.07) is 7.38. The highest BCUT2D eigenvalue weighted by atomic mass is 19.2. The zero-order chi connectivity index (χ0) is 19.8. The summed E-state index contributed by atoms with van der Waals surface area (Å²) < 4.78 is 42.7. The Morgan fingerprint density at radius 3 is 2.48 bits per heavy atom. The van der Waals surface area contributed by atoms with Crippen LogP contribution in [0, 0.1) is 17.5 Å². The maximum absolute atomic E-state index is 12.4. The molecule has 1 aromatic heterocycles. The molecule has 1 aromatic carbocycles. The number of hydrogen-bond acceptors (Lipinski definition) is 5. The van der Waals surface area contributed by atoms with E-state index in [-0.39, 0.29) is 6.29 Å². The smallest absolute Gasteiger partial charge is 0.215 e. The first-order chi connectivity index (χ1) is 12.9. The molecule has 146 valence electrons. The third-order valence-electron chi connectivity index (χ3n) is 4.12. The van der Waals surface area contributed by atoms with Gasteiger partial charge in [-0.3, -0.25) is 4.79 Å². The van der Waals surface area contributed by atoms with E-state index in [4.69, 9.17) is 4.74 Å². The van der Waals surface area contributed by atoms with E-state index in [2.05, 4.69) is 22.2 Å². The SMILES string of the molecule is CNc1cccc(OC2CCN(C)CC2)n1.O=Cc1ccc(F)c(F)c1F. The minimum Gasteiger partial charge on any atom is -0.474 e. The predicted octanol–water partition coefficient (Wildman–Crippen LogP) is 3.51. The summed E-state index contributed by atoms with van der Waals surface area (Å²) in [4.78, 5) is 16.6. The van der Waals surface area contributed by atoms with E-state index in [0.29, 0.717) is 12.2 Å². The Kier molecular flexibility index (Phi) is 7.60. The average Bonchev–Trinajstić information content (AvgIpc) is 2.69. The number of halogens is 3. The van der Waals surface area contributed by atoms with E-state index < -0.39 is 23.0 Å². The van der Waals surface area contributed by atoms with Gasteiger partial charge in [0.15, 0.2) is 23.7 Å². The van der Waals surface area contributed by atoms with Crippen molar-refractivity contribution in [3.05, 3.63) is 53.3 Å². The molecule has 1 aliphatic rings. The summed E-state index contributed by atoms with van der Waals surface area (Å²) in [5.74, 6) is -2.78. The molecule has 0 atom stereocenters. The molecular formula is C19H22F3N3O2. The lowest BCUT2D eigenvalue weighted by Crippen LogP contribution is -2.35. The number of rotatable bonds is 4. The molecule has 0 aliphatic carbocycles. The Hall–Kier alpha value is -2.61. The van der Waals surface area contributed by atoms with E-state index in [1.54, 1.807) is 0 Å². The van der Waals surface area contributed by atoms with Gasteiger partial charge < -0.3 is 15.0 Å². The molecule has 1 saturated heterocycles. The quantitative estimate of drug-likeness (QED) is 0.649. The lowest BCUT2D eigenvalue weighted by atomic mass is 10.1. The van der Waals surface area contributed by atoms with Crippen molar-refractivity contribution in [2.75, 3.05) is 32.5 Å². The number of nitrogens with zero attached hydrogens (tertiary/aromatic N) is 2. The van der Waals surface area contributed by atoms with Gasteiger partial charge in [0.2, 0.25) is 5.88 Å². The Balaban J connectivity index is 0.000000208. The predicted molar refractivity (Wildman–Crippen MR) is 96.6 cm³/mol. The van der Waals surface area contributed by atoms with Crippen LogP contribution in [0.5, 0.6) is 5.88 Å². The standard InChI is InChI=1S/C12H19N3O.C7H3F3O/c1-13-11-4-3-5-12(14-11)16-10-6-8-15(2)9-7-10;8-5-2-1-4(3-11)6(9)7(5)10/h3-5,10H,6-9H2,1-2H3,(H,13,14);1-3H. The average molecular weight is 381 g/mol. The fraction of sp³-hybridized carbons (Fsp3) is 0.368. The van der Waals surface area contributed by atoms with Crippen LogP contribution >= 0.6 is 0 Å². The van der Waals surface area contributed by atoms with Crippen molar-refractivity contribution in [2.24, 2.45) is 0 Å². The maximum atomic E-state index is 12.4.